The maximum absolute atomic E-state index is 13.2. The number of hydrogen-bond acceptors (Lipinski definition) is 6. The maximum atomic E-state index is 13.2. The number of aromatic nitrogens is 4. The van der Waals surface area contributed by atoms with E-state index in [-0.39, 0.29) is 18.6 Å². The number of carboxylic acid groups (broad SMARTS) is 1. The third kappa shape index (κ3) is 4.53. The highest BCUT2D eigenvalue weighted by atomic mass is 19.1. The van der Waals surface area contributed by atoms with Crippen LogP contribution in [0.25, 0.3) is 0 Å². The van der Waals surface area contributed by atoms with E-state index in [0.717, 1.165) is 18.2 Å². The molecule has 1 fully saturated rings. The number of halogens is 2. The lowest BCUT2D eigenvalue weighted by Gasteiger charge is -2.32. The molecule has 0 saturated carbocycles. The molecule has 3 rings (SSSR count). The molecule has 1 aliphatic heterocycles. The van der Waals surface area contributed by atoms with E-state index in [1.54, 1.807) is 7.05 Å². The van der Waals surface area contributed by atoms with Crippen molar-refractivity contribution < 1.29 is 28.2 Å². The molecule has 9 nitrogen and oxygen atoms in total. The number of morpholine rings is 1. The van der Waals surface area contributed by atoms with Gasteiger partial charge in [0.1, 0.15) is 17.7 Å². The lowest BCUT2D eigenvalue weighted by atomic mass is 10.1. The fraction of sp³-hybridized carbons (Fsp3) is 0.357. The molecule has 1 amide bonds. The molecule has 1 aromatic carbocycles. The summed E-state index contributed by atoms with van der Waals surface area (Å²) in [6.45, 7) is 0.588. The van der Waals surface area contributed by atoms with Crippen molar-refractivity contribution >= 4 is 12.4 Å². The van der Waals surface area contributed by atoms with Crippen LogP contribution in [0.4, 0.5) is 8.78 Å². The molecule has 0 radical (unpaired) electrons. The Labute approximate surface area is 140 Å². The van der Waals surface area contributed by atoms with Gasteiger partial charge in [0.05, 0.1) is 13.2 Å². The predicted molar refractivity (Wildman–Crippen MR) is 78.4 cm³/mol. The molecule has 11 heteroatoms. The molecule has 1 saturated heterocycles. The van der Waals surface area contributed by atoms with Gasteiger partial charge in [-0.1, -0.05) is 0 Å². The quantitative estimate of drug-likeness (QED) is 0.777. The molecule has 1 unspecified atom stereocenters. The Hall–Kier alpha value is -2.95. The van der Waals surface area contributed by atoms with Gasteiger partial charge in [0.15, 0.2) is 5.82 Å². The summed E-state index contributed by atoms with van der Waals surface area (Å²) < 4.78 is 33.5. The van der Waals surface area contributed by atoms with Gasteiger partial charge >= 0.3 is 0 Å². The zero-order chi connectivity index (χ0) is 18.4. The van der Waals surface area contributed by atoms with Crippen LogP contribution in [0.15, 0.2) is 18.2 Å². The second kappa shape index (κ2) is 8.24. The van der Waals surface area contributed by atoms with Crippen molar-refractivity contribution in [1.29, 1.82) is 0 Å². The fourth-order valence-electron chi connectivity index (χ4n) is 2.36. The molecule has 134 valence electrons. The number of hydrogen-bond donors (Lipinski definition) is 1. The monoisotopic (exact) mass is 355 g/mol. The molecule has 0 bridgehead atoms. The van der Waals surface area contributed by atoms with Gasteiger partial charge in [-0.2, -0.15) is 0 Å². The van der Waals surface area contributed by atoms with Crippen molar-refractivity contribution in [3.8, 4) is 0 Å². The van der Waals surface area contributed by atoms with Crippen LogP contribution >= 0.6 is 0 Å². The van der Waals surface area contributed by atoms with Crippen molar-refractivity contribution in [3.05, 3.63) is 41.2 Å². The molecule has 25 heavy (non-hydrogen) atoms. The highest BCUT2D eigenvalue weighted by Gasteiger charge is 2.29. The molecule has 1 N–H and O–H groups in total. The molecular formula is C14H15F2N5O4. The summed E-state index contributed by atoms with van der Waals surface area (Å²) in [5, 5.41) is 18.0. The lowest BCUT2D eigenvalue weighted by molar-refractivity contribution is -0.122. The summed E-state index contributed by atoms with van der Waals surface area (Å²) in [6.07, 6.45) is -0.476. The minimum atomic E-state index is -0.786. The van der Waals surface area contributed by atoms with Gasteiger partial charge in [-0.05, 0) is 22.6 Å². The average Bonchev–Trinajstić information content (AvgIpc) is 3.00. The largest absolute Gasteiger partial charge is 0.483 e. The summed E-state index contributed by atoms with van der Waals surface area (Å²) in [5.74, 6) is -1.54. The van der Waals surface area contributed by atoms with Crippen LogP contribution in [-0.2, 0) is 16.6 Å². The number of benzene rings is 1. The Morgan fingerprint density at radius 3 is 2.56 bits per heavy atom. The topological polar surface area (TPSA) is 110 Å². The Balaban J connectivity index is 0.000000701. The zero-order valence-corrected chi connectivity index (χ0v) is 13.2. The molecule has 1 aromatic heterocycles. The molecule has 1 atom stereocenters. The van der Waals surface area contributed by atoms with Crippen LogP contribution in [0.3, 0.4) is 0 Å². The van der Waals surface area contributed by atoms with Crippen molar-refractivity contribution in [1.82, 2.24) is 25.1 Å². The van der Waals surface area contributed by atoms with Gasteiger partial charge in [-0.15, -0.1) is 5.10 Å². The first-order valence-electron chi connectivity index (χ1n) is 7.13. The SMILES string of the molecule is Cn1nnnc1C1CN(C(=O)c2cc(F)cc(F)c2)CCO1.O=CO. The molecule has 1 aliphatic rings. The van der Waals surface area contributed by atoms with Crippen molar-refractivity contribution in [2.75, 3.05) is 19.7 Å². The second-order valence-corrected chi connectivity index (χ2v) is 5.03. The fourth-order valence-corrected chi connectivity index (χ4v) is 2.36. The summed E-state index contributed by atoms with van der Waals surface area (Å²) in [5.41, 5.74) is -0.0331. The smallest absolute Gasteiger partial charge is 0.290 e. The van der Waals surface area contributed by atoms with Crippen molar-refractivity contribution in [2.45, 2.75) is 6.10 Å². The van der Waals surface area contributed by atoms with Gasteiger partial charge < -0.3 is 14.7 Å². The van der Waals surface area contributed by atoms with Crippen LogP contribution in [0.1, 0.15) is 22.3 Å². The van der Waals surface area contributed by atoms with Gasteiger partial charge in [-0.3, -0.25) is 9.59 Å². The highest BCUT2D eigenvalue weighted by molar-refractivity contribution is 5.94. The van der Waals surface area contributed by atoms with Gasteiger partial charge in [0.2, 0.25) is 0 Å². The zero-order valence-electron chi connectivity index (χ0n) is 13.2. The number of nitrogens with zero attached hydrogens (tertiary/aromatic N) is 5. The van der Waals surface area contributed by atoms with Crippen LogP contribution in [-0.4, -0.2) is 62.3 Å². The summed E-state index contributed by atoms with van der Waals surface area (Å²) in [7, 11) is 1.67. The van der Waals surface area contributed by atoms with E-state index in [1.165, 1.54) is 9.58 Å². The van der Waals surface area contributed by atoms with E-state index in [2.05, 4.69) is 15.5 Å². The molecule has 0 aliphatic carbocycles. The summed E-state index contributed by atoms with van der Waals surface area (Å²) in [4.78, 5) is 22.2. The predicted octanol–water partition coefficient (Wildman–Crippen LogP) is 0.403. The van der Waals surface area contributed by atoms with E-state index in [4.69, 9.17) is 14.6 Å². The Kier molecular flexibility index (Phi) is 6.06. The number of carbonyl (C=O) groups excluding carboxylic acids is 1. The van der Waals surface area contributed by atoms with E-state index in [0.29, 0.717) is 19.0 Å². The standard InChI is InChI=1S/C13H13F2N5O2.CH2O2/c1-19-12(16-17-18-19)11-7-20(2-3-22-11)13(21)8-4-9(14)6-10(15)5-8;2-1-3/h4-6,11H,2-3,7H2,1H3;1H,(H,2,3). The Morgan fingerprint density at radius 2 is 2.00 bits per heavy atom. The van der Waals surface area contributed by atoms with Crippen LogP contribution in [0, 0.1) is 11.6 Å². The first-order valence-corrected chi connectivity index (χ1v) is 7.13. The molecule has 0 spiro atoms. The lowest BCUT2D eigenvalue weighted by Crippen LogP contribution is -2.43. The van der Waals surface area contributed by atoms with Gasteiger partial charge in [0.25, 0.3) is 12.4 Å². The average molecular weight is 355 g/mol. The number of amides is 1. The normalized spacial score (nSPS) is 16.8. The first kappa shape index (κ1) is 18.4. The number of tetrazole rings is 1. The maximum Gasteiger partial charge on any atom is 0.290 e. The Morgan fingerprint density at radius 1 is 1.36 bits per heavy atom. The number of ether oxygens (including phenoxy) is 1. The number of carbonyl (C=O) groups is 2. The van der Waals surface area contributed by atoms with E-state index in [9.17, 15) is 13.6 Å². The minimum absolute atomic E-state index is 0.0331. The minimum Gasteiger partial charge on any atom is -0.483 e. The second-order valence-electron chi connectivity index (χ2n) is 5.03. The molecule has 2 aromatic rings. The van der Waals surface area contributed by atoms with E-state index in [1.807, 2.05) is 0 Å². The third-order valence-electron chi connectivity index (χ3n) is 3.40. The van der Waals surface area contributed by atoms with Crippen molar-refractivity contribution in [3.63, 3.8) is 0 Å². The van der Waals surface area contributed by atoms with Gasteiger partial charge in [0, 0.05) is 25.2 Å². The first-order chi connectivity index (χ1) is 12.0. The van der Waals surface area contributed by atoms with Crippen LogP contribution in [0.5, 0.6) is 0 Å². The van der Waals surface area contributed by atoms with Crippen molar-refractivity contribution in [2.24, 2.45) is 7.05 Å². The van der Waals surface area contributed by atoms with Crippen LogP contribution < -0.4 is 0 Å². The summed E-state index contributed by atoms with van der Waals surface area (Å²) in [6, 6.07) is 2.75. The Bertz CT molecular complexity index is 734. The van der Waals surface area contributed by atoms with E-state index >= 15 is 0 Å². The van der Waals surface area contributed by atoms with Gasteiger partial charge in [-0.25, -0.2) is 13.5 Å². The summed E-state index contributed by atoms with van der Waals surface area (Å²) >= 11 is 0. The number of aryl methyl sites for hydroxylation is 1. The van der Waals surface area contributed by atoms with Crippen LogP contribution in [0.2, 0.25) is 0 Å². The molecular weight excluding hydrogens is 340 g/mol. The van der Waals surface area contributed by atoms with E-state index < -0.39 is 23.6 Å². The third-order valence-corrected chi connectivity index (χ3v) is 3.40. The highest BCUT2D eigenvalue weighted by Crippen LogP contribution is 2.21. The number of rotatable bonds is 2. The molecule has 2 heterocycles.